The summed E-state index contributed by atoms with van der Waals surface area (Å²) >= 11 is 5.76. The number of aliphatic hydroxyl groups is 1. The van der Waals surface area contributed by atoms with Crippen LogP contribution < -0.4 is 5.32 Å². The van der Waals surface area contributed by atoms with Crippen LogP contribution in [0.25, 0.3) is 6.08 Å². The highest BCUT2D eigenvalue weighted by Gasteiger charge is 2.09. The van der Waals surface area contributed by atoms with E-state index in [9.17, 15) is 9.90 Å². The summed E-state index contributed by atoms with van der Waals surface area (Å²) in [7, 11) is 0. The van der Waals surface area contributed by atoms with Crippen molar-refractivity contribution < 1.29 is 9.90 Å². The van der Waals surface area contributed by atoms with Crippen LogP contribution in [0.15, 0.2) is 30.3 Å². The summed E-state index contributed by atoms with van der Waals surface area (Å²) < 4.78 is 0. The molecule has 0 saturated heterocycles. The van der Waals surface area contributed by atoms with Crippen LogP contribution >= 0.6 is 11.6 Å². The van der Waals surface area contributed by atoms with Crippen molar-refractivity contribution in [2.24, 2.45) is 5.92 Å². The van der Waals surface area contributed by atoms with Crippen LogP contribution in [0, 0.1) is 5.92 Å². The summed E-state index contributed by atoms with van der Waals surface area (Å²) in [6.07, 6.45) is 2.63. The van der Waals surface area contributed by atoms with Gasteiger partial charge in [0.2, 0.25) is 5.91 Å². The lowest BCUT2D eigenvalue weighted by Gasteiger charge is -2.13. The van der Waals surface area contributed by atoms with E-state index in [1.807, 2.05) is 26.0 Å². The summed E-state index contributed by atoms with van der Waals surface area (Å²) in [6, 6.07) is 7.19. The number of benzene rings is 1. The maximum absolute atomic E-state index is 11.5. The van der Waals surface area contributed by atoms with E-state index in [1.54, 1.807) is 18.2 Å². The van der Waals surface area contributed by atoms with Crippen LogP contribution in [0.2, 0.25) is 5.02 Å². The predicted molar refractivity (Wildman–Crippen MR) is 74.3 cm³/mol. The second kappa shape index (κ2) is 7.19. The molecule has 0 heterocycles. The molecule has 0 aliphatic heterocycles. The van der Waals surface area contributed by atoms with Gasteiger partial charge in [0.25, 0.3) is 0 Å². The minimum absolute atomic E-state index is 0.130. The molecule has 1 amide bonds. The lowest BCUT2D eigenvalue weighted by Crippen LogP contribution is -2.33. The molecule has 3 nitrogen and oxygen atoms in total. The Morgan fingerprint density at radius 1 is 1.39 bits per heavy atom. The zero-order valence-corrected chi connectivity index (χ0v) is 11.3. The van der Waals surface area contributed by atoms with Crippen LogP contribution in [0.3, 0.4) is 0 Å². The van der Waals surface area contributed by atoms with Gasteiger partial charge in [-0.25, -0.2) is 0 Å². The van der Waals surface area contributed by atoms with Crippen LogP contribution in [-0.4, -0.2) is 23.7 Å². The molecule has 18 heavy (non-hydrogen) atoms. The van der Waals surface area contributed by atoms with Crippen molar-refractivity contribution in [2.45, 2.75) is 20.0 Å². The molecule has 0 spiro atoms. The molecule has 0 aromatic heterocycles. The summed E-state index contributed by atoms with van der Waals surface area (Å²) in [4.78, 5) is 11.5. The number of aliphatic hydroxyl groups excluding tert-OH is 1. The zero-order chi connectivity index (χ0) is 13.5. The average Bonchev–Trinajstić information content (AvgIpc) is 2.35. The number of halogens is 1. The minimum Gasteiger partial charge on any atom is -0.391 e. The number of hydrogen-bond donors (Lipinski definition) is 2. The van der Waals surface area contributed by atoms with Crippen LogP contribution in [0.1, 0.15) is 19.4 Å². The molecule has 4 heteroatoms. The van der Waals surface area contributed by atoms with Gasteiger partial charge >= 0.3 is 0 Å². The first-order valence-corrected chi connectivity index (χ1v) is 6.26. The van der Waals surface area contributed by atoms with E-state index in [1.165, 1.54) is 6.08 Å². The van der Waals surface area contributed by atoms with Crippen molar-refractivity contribution >= 4 is 23.6 Å². The monoisotopic (exact) mass is 267 g/mol. The summed E-state index contributed by atoms with van der Waals surface area (Å²) in [5.41, 5.74) is 0.902. The molecular formula is C14H18ClNO2. The number of carbonyl (C=O) groups is 1. The van der Waals surface area contributed by atoms with Gasteiger partial charge in [0.05, 0.1) is 6.10 Å². The third kappa shape index (κ3) is 5.34. The van der Waals surface area contributed by atoms with E-state index in [0.29, 0.717) is 5.02 Å². The summed E-state index contributed by atoms with van der Waals surface area (Å²) in [5.74, 6) is -0.0878. The Balaban J connectivity index is 2.42. The molecule has 2 N–H and O–H groups in total. The molecule has 98 valence electrons. The van der Waals surface area contributed by atoms with Crippen molar-refractivity contribution in [1.82, 2.24) is 5.32 Å². The molecule has 1 aromatic rings. The van der Waals surface area contributed by atoms with Crippen LogP contribution in [-0.2, 0) is 4.79 Å². The van der Waals surface area contributed by atoms with E-state index >= 15 is 0 Å². The molecular weight excluding hydrogens is 250 g/mol. The Labute approximate surface area is 112 Å². The molecule has 0 bridgehead atoms. The number of rotatable bonds is 5. The highest BCUT2D eigenvalue weighted by atomic mass is 35.5. The number of carbonyl (C=O) groups excluding carboxylic acids is 1. The third-order valence-corrected chi connectivity index (χ3v) is 2.80. The van der Waals surface area contributed by atoms with E-state index in [2.05, 4.69) is 5.32 Å². The van der Waals surface area contributed by atoms with E-state index in [0.717, 1.165) is 5.56 Å². The Morgan fingerprint density at radius 2 is 2.00 bits per heavy atom. The van der Waals surface area contributed by atoms with Gasteiger partial charge in [0, 0.05) is 17.6 Å². The standard InChI is InChI=1S/C14H18ClNO2/c1-10(2)13(17)9-16-14(18)8-5-11-3-6-12(15)7-4-11/h3-8,10,13,17H,9H2,1-2H3,(H,16,18)/b8-5+. The molecule has 0 fully saturated rings. The van der Waals surface area contributed by atoms with Gasteiger partial charge in [0.1, 0.15) is 0 Å². The molecule has 0 aliphatic carbocycles. The number of hydrogen-bond acceptors (Lipinski definition) is 2. The largest absolute Gasteiger partial charge is 0.391 e. The van der Waals surface area contributed by atoms with Gasteiger partial charge < -0.3 is 10.4 Å². The molecule has 0 saturated carbocycles. The smallest absolute Gasteiger partial charge is 0.244 e. The lowest BCUT2D eigenvalue weighted by atomic mass is 10.1. The van der Waals surface area contributed by atoms with Crippen molar-refractivity contribution in [3.8, 4) is 0 Å². The van der Waals surface area contributed by atoms with Crippen LogP contribution in [0.5, 0.6) is 0 Å². The topological polar surface area (TPSA) is 49.3 Å². The molecule has 0 aliphatic rings. The fraction of sp³-hybridized carbons (Fsp3) is 0.357. The minimum atomic E-state index is -0.516. The van der Waals surface area contributed by atoms with Crippen molar-refractivity contribution in [3.05, 3.63) is 40.9 Å². The van der Waals surface area contributed by atoms with Gasteiger partial charge in [-0.3, -0.25) is 4.79 Å². The molecule has 1 unspecified atom stereocenters. The third-order valence-electron chi connectivity index (χ3n) is 2.55. The fourth-order valence-corrected chi connectivity index (χ4v) is 1.37. The Kier molecular flexibility index (Phi) is 5.89. The van der Waals surface area contributed by atoms with Gasteiger partial charge in [-0.15, -0.1) is 0 Å². The zero-order valence-electron chi connectivity index (χ0n) is 10.6. The Hall–Kier alpha value is -1.32. The highest BCUT2D eigenvalue weighted by molar-refractivity contribution is 6.30. The van der Waals surface area contributed by atoms with Gasteiger partial charge in [0.15, 0.2) is 0 Å². The predicted octanol–water partition coefficient (Wildman–Crippen LogP) is 2.49. The molecule has 0 radical (unpaired) electrons. The molecule has 1 atom stereocenters. The number of amides is 1. The lowest BCUT2D eigenvalue weighted by molar-refractivity contribution is -0.117. The van der Waals surface area contributed by atoms with Crippen molar-refractivity contribution in [3.63, 3.8) is 0 Å². The second-order valence-electron chi connectivity index (χ2n) is 4.44. The van der Waals surface area contributed by atoms with Gasteiger partial charge in [-0.2, -0.15) is 0 Å². The summed E-state index contributed by atoms with van der Waals surface area (Å²) in [5, 5.41) is 12.8. The Bertz CT molecular complexity index is 412. The second-order valence-corrected chi connectivity index (χ2v) is 4.88. The normalized spacial score (nSPS) is 12.9. The first-order chi connectivity index (χ1) is 8.49. The fourth-order valence-electron chi connectivity index (χ4n) is 1.25. The van der Waals surface area contributed by atoms with Gasteiger partial charge in [-0.1, -0.05) is 37.6 Å². The number of nitrogens with one attached hydrogen (secondary N) is 1. The highest BCUT2D eigenvalue weighted by Crippen LogP contribution is 2.10. The van der Waals surface area contributed by atoms with Crippen molar-refractivity contribution in [2.75, 3.05) is 6.54 Å². The Morgan fingerprint density at radius 3 is 2.56 bits per heavy atom. The maximum atomic E-state index is 11.5. The SMILES string of the molecule is CC(C)C(O)CNC(=O)/C=C/c1ccc(Cl)cc1. The molecule has 1 aromatic carbocycles. The van der Waals surface area contributed by atoms with Crippen LogP contribution in [0.4, 0.5) is 0 Å². The van der Waals surface area contributed by atoms with E-state index in [-0.39, 0.29) is 18.4 Å². The first-order valence-electron chi connectivity index (χ1n) is 5.88. The van der Waals surface area contributed by atoms with E-state index < -0.39 is 6.10 Å². The maximum Gasteiger partial charge on any atom is 0.244 e. The van der Waals surface area contributed by atoms with Gasteiger partial charge in [-0.05, 0) is 29.7 Å². The first kappa shape index (κ1) is 14.7. The van der Waals surface area contributed by atoms with E-state index in [4.69, 9.17) is 11.6 Å². The van der Waals surface area contributed by atoms with Crippen molar-refractivity contribution in [1.29, 1.82) is 0 Å². The average molecular weight is 268 g/mol. The summed E-state index contributed by atoms with van der Waals surface area (Å²) in [6.45, 7) is 4.07. The quantitative estimate of drug-likeness (QED) is 0.806. The molecule has 1 rings (SSSR count).